The molecule has 2 aliphatic heterocycles. The van der Waals surface area contributed by atoms with E-state index in [0.717, 1.165) is 65.0 Å². The Labute approximate surface area is 175 Å². The Morgan fingerprint density at radius 3 is 2.52 bits per heavy atom. The molecule has 2 aliphatic rings. The lowest BCUT2D eigenvalue weighted by atomic mass is 9.95. The molecule has 0 bridgehead atoms. The lowest BCUT2D eigenvalue weighted by Crippen LogP contribution is -2.45. The minimum atomic E-state index is 0.0783. The van der Waals surface area contributed by atoms with Crippen LogP contribution < -0.4 is 10.2 Å². The number of amides is 2. The molecule has 6 nitrogen and oxygen atoms in total. The van der Waals surface area contributed by atoms with Gasteiger partial charge in [-0.2, -0.15) is 0 Å². The van der Waals surface area contributed by atoms with Crippen LogP contribution in [0.2, 0.25) is 0 Å². The Morgan fingerprint density at radius 2 is 1.86 bits per heavy atom. The maximum atomic E-state index is 12.5. The molecule has 2 heterocycles. The molecule has 6 heteroatoms. The maximum absolute atomic E-state index is 12.5. The quantitative estimate of drug-likeness (QED) is 0.727. The highest BCUT2D eigenvalue weighted by atomic mass is 16.2. The van der Waals surface area contributed by atoms with Crippen molar-refractivity contribution in [3.63, 3.8) is 0 Å². The number of carbonyl (C=O) groups is 2. The first-order chi connectivity index (χ1) is 14.1. The summed E-state index contributed by atoms with van der Waals surface area (Å²) in [6.45, 7) is 10.6. The van der Waals surface area contributed by atoms with Crippen LogP contribution in [0.25, 0.3) is 0 Å². The summed E-state index contributed by atoms with van der Waals surface area (Å²) in [5.41, 5.74) is 2.45. The Balaban J connectivity index is 1.35. The smallest absolute Gasteiger partial charge is 0.234 e. The number of likely N-dealkylation sites (N-methyl/N-ethyl adjacent to an activating group) is 1. The van der Waals surface area contributed by atoms with E-state index in [-0.39, 0.29) is 11.8 Å². The van der Waals surface area contributed by atoms with Crippen molar-refractivity contribution in [3.8, 4) is 0 Å². The monoisotopic (exact) mass is 400 g/mol. The van der Waals surface area contributed by atoms with Gasteiger partial charge in [0.1, 0.15) is 0 Å². The van der Waals surface area contributed by atoms with E-state index in [9.17, 15) is 9.59 Å². The van der Waals surface area contributed by atoms with Crippen LogP contribution in [-0.4, -0.2) is 74.0 Å². The molecule has 0 saturated carbocycles. The van der Waals surface area contributed by atoms with Gasteiger partial charge in [-0.05, 0) is 70.3 Å². The largest absolute Gasteiger partial charge is 0.370 e. The van der Waals surface area contributed by atoms with Gasteiger partial charge in [-0.3, -0.25) is 14.5 Å². The van der Waals surface area contributed by atoms with Crippen molar-refractivity contribution >= 4 is 17.5 Å². The number of aryl methyl sites for hydroxylation is 1. The second kappa shape index (κ2) is 10.6. The van der Waals surface area contributed by atoms with E-state index < -0.39 is 0 Å². The van der Waals surface area contributed by atoms with Gasteiger partial charge in [0.15, 0.2) is 0 Å². The van der Waals surface area contributed by atoms with Gasteiger partial charge < -0.3 is 15.1 Å². The number of rotatable bonds is 8. The summed E-state index contributed by atoms with van der Waals surface area (Å²) in [5.74, 6) is 0.567. The van der Waals surface area contributed by atoms with Crippen LogP contribution in [0.5, 0.6) is 0 Å². The van der Waals surface area contributed by atoms with E-state index in [1.165, 1.54) is 11.3 Å². The Kier molecular flexibility index (Phi) is 7.92. The molecule has 0 aliphatic carbocycles. The Morgan fingerprint density at radius 1 is 1.14 bits per heavy atom. The second-order valence-corrected chi connectivity index (χ2v) is 8.35. The molecule has 160 valence electrons. The van der Waals surface area contributed by atoms with Gasteiger partial charge in [0.05, 0.1) is 6.54 Å². The molecule has 0 aromatic heterocycles. The summed E-state index contributed by atoms with van der Waals surface area (Å²) < 4.78 is 0. The molecule has 1 aromatic rings. The van der Waals surface area contributed by atoms with E-state index >= 15 is 0 Å². The number of benzene rings is 1. The van der Waals surface area contributed by atoms with Crippen molar-refractivity contribution in [1.82, 2.24) is 15.1 Å². The number of likely N-dealkylation sites (tertiary alicyclic amines) is 2. The van der Waals surface area contributed by atoms with Crippen molar-refractivity contribution in [2.75, 3.05) is 57.3 Å². The minimum Gasteiger partial charge on any atom is -0.370 e. The predicted molar refractivity (Wildman–Crippen MR) is 117 cm³/mol. The molecule has 0 radical (unpaired) electrons. The fourth-order valence-electron chi connectivity index (χ4n) is 4.42. The van der Waals surface area contributed by atoms with E-state index in [4.69, 9.17) is 0 Å². The highest BCUT2D eigenvalue weighted by Gasteiger charge is 2.30. The number of piperidine rings is 1. The Bertz CT molecular complexity index is 679. The molecule has 0 unspecified atom stereocenters. The van der Waals surface area contributed by atoms with Crippen molar-refractivity contribution < 1.29 is 9.59 Å². The van der Waals surface area contributed by atoms with Gasteiger partial charge >= 0.3 is 0 Å². The average Bonchev–Trinajstić information content (AvgIpc) is 3.26. The standard InChI is InChI=1S/C23H36N4O2/c1-3-26(21-8-6-7-19(2)17-21)16-11-24-22(28)18-25-14-9-20(10-15-25)23(29)27-12-4-5-13-27/h6-8,17,20H,3-5,9-16,18H2,1-2H3,(H,24,28). The molecular weight excluding hydrogens is 364 g/mol. The van der Waals surface area contributed by atoms with Gasteiger partial charge in [-0.25, -0.2) is 0 Å². The zero-order chi connectivity index (χ0) is 20.6. The third kappa shape index (κ3) is 6.20. The van der Waals surface area contributed by atoms with E-state index in [1.807, 2.05) is 4.90 Å². The zero-order valence-electron chi connectivity index (χ0n) is 18.0. The maximum Gasteiger partial charge on any atom is 0.234 e. The summed E-state index contributed by atoms with van der Waals surface area (Å²) in [6, 6.07) is 8.47. The summed E-state index contributed by atoms with van der Waals surface area (Å²) >= 11 is 0. The number of nitrogens with zero attached hydrogens (tertiary/aromatic N) is 3. The molecule has 1 aromatic carbocycles. The van der Waals surface area contributed by atoms with Crippen LogP contribution >= 0.6 is 0 Å². The Hall–Kier alpha value is -2.08. The van der Waals surface area contributed by atoms with Crippen LogP contribution in [-0.2, 0) is 9.59 Å². The van der Waals surface area contributed by atoms with Crippen LogP contribution in [0, 0.1) is 12.8 Å². The fourth-order valence-corrected chi connectivity index (χ4v) is 4.42. The van der Waals surface area contributed by atoms with E-state index in [2.05, 4.69) is 53.2 Å². The van der Waals surface area contributed by atoms with Gasteiger partial charge in [-0.15, -0.1) is 0 Å². The summed E-state index contributed by atoms with van der Waals surface area (Å²) in [4.78, 5) is 31.4. The van der Waals surface area contributed by atoms with Crippen LogP contribution in [0.15, 0.2) is 24.3 Å². The van der Waals surface area contributed by atoms with Crippen molar-refractivity contribution in [2.45, 2.75) is 39.5 Å². The molecule has 0 spiro atoms. The molecule has 0 atom stereocenters. The predicted octanol–water partition coefficient (Wildman–Crippen LogP) is 2.27. The summed E-state index contributed by atoms with van der Waals surface area (Å²) in [6.07, 6.45) is 4.04. The third-order valence-corrected chi connectivity index (χ3v) is 6.17. The van der Waals surface area contributed by atoms with Gasteiger partial charge in [-0.1, -0.05) is 12.1 Å². The molecule has 1 N–H and O–H groups in total. The first-order valence-corrected chi connectivity index (χ1v) is 11.2. The molecule has 2 saturated heterocycles. The van der Waals surface area contributed by atoms with E-state index in [0.29, 0.717) is 19.0 Å². The normalized spacial score (nSPS) is 18.1. The highest BCUT2D eigenvalue weighted by Crippen LogP contribution is 2.22. The average molecular weight is 401 g/mol. The van der Waals surface area contributed by atoms with Gasteiger partial charge in [0.2, 0.25) is 11.8 Å². The van der Waals surface area contributed by atoms with Crippen molar-refractivity contribution in [3.05, 3.63) is 29.8 Å². The van der Waals surface area contributed by atoms with E-state index in [1.54, 1.807) is 0 Å². The fraction of sp³-hybridized carbons (Fsp3) is 0.652. The summed E-state index contributed by atoms with van der Waals surface area (Å²) in [7, 11) is 0. The van der Waals surface area contributed by atoms with Crippen molar-refractivity contribution in [1.29, 1.82) is 0 Å². The first kappa shape index (κ1) is 21.6. The number of anilines is 1. The molecule has 3 rings (SSSR count). The van der Waals surface area contributed by atoms with Gasteiger partial charge in [0, 0.05) is 44.3 Å². The van der Waals surface area contributed by atoms with Crippen molar-refractivity contribution in [2.24, 2.45) is 5.92 Å². The van der Waals surface area contributed by atoms with Crippen LogP contribution in [0.3, 0.4) is 0 Å². The number of hydrogen-bond donors (Lipinski definition) is 1. The van der Waals surface area contributed by atoms with Gasteiger partial charge in [0.25, 0.3) is 0 Å². The number of carbonyl (C=O) groups excluding carboxylic acids is 2. The second-order valence-electron chi connectivity index (χ2n) is 8.35. The van der Waals surface area contributed by atoms with Crippen LogP contribution in [0.4, 0.5) is 5.69 Å². The third-order valence-electron chi connectivity index (χ3n) is 6.17. The number of hydrogen-bond acceptors (Lipinski definition) is 4. The zero-order valence-corrected chi connectivity index (χ0v) is 18.0. The minimum absolute atomic E-state index is 0.0783. The topological polar surface area (TPSA) is 55.9 Å². The van der Waals surface area contributed by atoms with Crippen LogP contribution in [0.1, 0.15) is 38.2 Å². The molecule has 29 heavy (non-hydrogen) atoms. The first-order valence-electron chi connectivity index (χ1n) is 11.2. The molecule has 2 amide bonds. The summed E-state index contributed by atoms with van der Waals surface area (Å²) in [5, 5.41) is 3.06. The lowest BCUT2D eigenvalue weighted by molar-refractivity contribution is -0.136. The molecule has 2 fully saturated rings. The SMILES string of the molecule is CCN(CCNC(=O)CN1CCC(C(=O)N2CCCC2)CC1)c1cccc(C)c1. The number of nitrogens with one attached hydrogen (secondary N) is 1. The molecular formula is C23H36N4O2. The highest BCUT2D eigenvalue weighted by molar-refractivity contribution is 5.79. The lowest BCUT2D eigenvalue weighted by Gasteiger charge is -2.32.